The van der Waals surface area contributed by atoms with Crippen LogP contribution in [0.4, 0.5) is 4.39 Å². The Bertz CT molecular complexity index is 810. The standard InChI is InChI=1S/C21H24ClFN2O2/c1-14(2)24-21(27)15(3)25(13-17-8-4-5-10-19(17)23)20(26)12-16-7-6-9-18(22)11-16/h4-11,14-15H,12-13H2,1-3H3,(H,24,27)/t15-/m0/s1. The van der Waals surface area contributed by atoms with Gasteiger partial charge in [-0.25, -0.2) is 4.39 Å². The molecule has 0 aromatic heterocycles. The van der Waals surface area contributed by atoms with Gasteiger partial charge in [-0.15, -0.1) is 0 Å². The molecule has 1 atom stereocenters. The Hall–Kier alpha value is -2.40. The van der Waals surface area contributed by atoms with Gasteiger partial charge in [-0.3, -0.25) is 9.59 Å². The molecule has 2 rings (SSSR count). The second kappa shape index (κ2) is 9.51. The van der Waals surface area contributed by atoms with Crippen LogP contribution >= 0.6 is 11.6 Å². The first-order valence-corrected chi connectivity index (χ1v) is 9.23. The highest BCUT2D eigenvalue weighted by Crippen LogP contribution is 2.16. The summed E-state index contributed by atoms with van der Waals surface area (Å²) in [7, 11) is 0. The van der Waals surface area contributed by atoms with E-state index in [1.807, 2.05) is 13.8 Å². The summed E-state index contributed by atoms with van der Waals surface area (Å²) in [5.74, 6) is -0.956. The third kappa shape index (κ3) is 6.07. The van der Waals surface area contributed by atoms with E-state index in [9.17, 15) is 14.0 Å². The maximum Gasteiger partial charge on any atom is 0.242 e. The molecule has 27 heavy (non-hydrogen) atoms. The van der Waals surface area contributed by atoms with Gasteiger partial charge in [-0.1, -0.05) is 41.9 Å². The number of hydrogen-bond donors (Lipinski definition) is 1. The summed E-state index contributed by atoms with van der Waals surface area (Å²) in [6, 6.07) is 12.5. The van der Waals surface area contributed by atoms with Gasteiger partial charge in [0.25, 0.3) is 0 Å². The fourth-order valence-corrected chi connectivity index (χ4v) is 2.93. The molecule has 0 fully saturated rings. The van der Waals surface area contributed by atoms with Crippen LogP contribution in [0.25, 0.3) is 0 Å². The predicted octanol–water partition coefficient (Wildman–Crippen LogP) is 3.96. The normalized spacial score (nSPS) is 11.9. The van der Waals surface area contributed by atoms with E-state index >= 15 is 0 Å². The quantitative estimate of drug-likeness (QED) is 0.777. The molecule has 1 N–H and O–H groups in total. The molecular weight excluding hydrogens is 367 g/mol. The molecule has 0 unspecified atom stereocenters. The molecule has 0 spiro atoms. The minimum Gasteiger partial charge on any atom is -0.352 e. The van der Waals surface area contributed by atoms with Gasteiger partial charge in [-0.2, -0.15) is 0 Å². The van der Waals surface area contributed by atoms with Gasteiger partial charge >= 0.3 is 0 Å². The number of amides is 2. The topological polar surface area (TPSA) is 49.4 Å². The number of carbonyl (C=O) groups is 2. The maximum atomic E-state index is 14.1. The lowest BCUT2D eigenvalue weighted by Gasteiger charge is -2.29. The molecule has 0 radical (unpaired) electrons. The zero-order chi connectivity index (χ0) is 20.0. The highest BCUT2D eigenvalue weighted by molar-refractivity contribution is 6.30. The molecule has 0 saturated carbocycles. The molecule has 144 valence electrons. The Morgan fingerprint density at radius 2 is 1.81 bits per heavy atom. The summed E-state index contributed by atoms with van der Waals surface area (Å²) >= 11 is 5.99. The van der Waals surface area contributed by atoms with Crippen molar-refractivity contribution in [3.63, 3.8) is 0 Å². The van der Waals surface area contributed by atoms with Crippen LogP contribution in [0.3, 0.4) is 0 Å². The molecule has 0 aliphatic heterocycles. The molecule has 0 bridgehead atoms. The molecule has 0 saturated heterocycles. The molecular formula is C21H24ClFN2O2. The second-order valence-corrected chi connectivity index (χ2v) is 7.20. The second-order valence-electron chi connectivity index (χ2n) is 6.76. The van der Waals surface area contributed by atoms with Gasteiger partial charge in [0.15, 0.2) is 0 Å². The smallest absolute Gasteiger partial charge is 0.242 e. The van der Waals surface area contributed by atoms with E-state index < -0.39 is 11.9 Å². The predicted molar refractivity (Wildman–Crippen MR) is 105 cm³/mol. The van der Waals surface area contributed by atoms with Crippen molar-refractivity contribution in [2.45, 2.75) is 45.8 Å². The van der Waals surface area contributed by atoms with Crippen LogP contribution in [-0.2, 0) is 22.6 Å². The lowest BCUT2D eigenvalue weighted by molar-refractivity contribution is -0.140. The average Bonchev–Trinajstić information content (AvgIpc) is 2.59. The number of hydrogen-bond acceptors (Lipinski definition) is 2. The van der Waals surface area contributed by atoms with Gasteiger partial charge in [-0.05, 0) is 44.5 Å². The van der Waals surface area contributed by atoms with E-state index in [1.54, 1.807) is 49.4 Å². The lowest BCUT2D eigenvalue weighted by Crippen LogP contribution is -2.49. The van der Waals surface area contributed by atoms with Crippen molar-refractivity contribution in [1.82, 2.24) is 10.2 Å². The number of halogens is 2. The molecule has 2 amide bonds. The number of benzene rings is 2. The Labute approximate surface area is 164 Å². The first kappa shape index (κ1) is 20.9. The number of nitrogens with one attached hydrogen (secondary N) is 1. The molecule has 0 aliphatic rings. The summed E-state index contributed by atoms with van der Waals surface area (Å²) in [5, 5.41) is 3.34. The third-order valence-corrected chi connectivity index (χ3v) is 4.38. The molecule has 2 aromatic rings. The maximum absolute atomic E-state index is 14.1. The number of rotatable bonds is 7. The molecule has 0 heterocycles. The van der Waals surface area contributed by atoms with Crippen LogP contribution in [0.2, 0.25) is 5.02 Å². The van der Waals surface area contributed by atoms with Crippen LogP contribution in [0.15, 0.2) is 48.5 Å². The Morgan fingerprint density at radius 3 is 2.44 bits per heavy atom. The van der Waals surface area contributed by atoms with Crippen LogP contribution in [0, 0.1) is 5.82 Å². The first-order valence-electron chi connectivity index (χ1n) is 8.85. The van der Waals surface area contributed by atoms with Crippen molar-refractivity contribution in [2.75, 3.05) is 0 Å². The molecule has 0 aliphatic carbocycles. The van der Waals surface area contributed by atoms with Crippen LogP contribution in [0.5, 0.6) is 0 Å². The van der Waals surface area contributed by atoms with Crippen molar-refractivity contribution in [1.29, 1.82) is 0 Å². The summed E-state index contributed by atoms with van der Waals surface area (Å²) in [4.78, 5) is 26.8. The Balaban J connectivity index is 2.26. The fourth-order valence-electron chi connectivity index (χ4n) is 2.72. The average molecular weight is 391 g/mol. The SMILES string of the molecule is CC(C)NC(=O)[C@H](C)N(Cc1ccccc1F)C(=O)Cc1cccc(Cl)c1. The summed E-state index contributed by atoms with van der Waals surface area (Å²) < 4.78 is 14.1. The van der Waals surface area contributed by atoms with Crippen LogP contribution in [-0.4, -0.2) is 28.8 Å². The summed E-state index contributed by atoms with van der Waals surface area (Å²) in [6.45, 7) is 5.35. The van der Waals surface area contributed by atoms with Crippen molar-refractivity contribution in [3.8, 4) is 0 Å². The zero-order valence-electron chi connectivity index (χ0n) is 15.7. The van der Waals surface area contributed by atoms with Crippen molar-refractivity contribution in [2.24, 2.45) is 0 Å². The fraction of sp³-hybridized carbons (Fsp3) is 0.333. The van der Waals surface area contributed by atoms with Gasteiger partial charge < -0.3 is 10.2 Å². The minimum atomic E-state index is -0.737. The highest BCUT2D eigenvalue weighted by Gasteiger charge is 2.27. The van der Waals surface area contributed by atoms with E-state index in [4.69, 9.17) is 11.6 Å². The monoisotopic (exact) mass is 390 g/mol. The van der Waals surface area contributed by atoms with Crippen molar-refractivity contribution >= 4 is 23.4 Å². The molecule has 6 heteroatoms. The number of nitrogens with zero attached hydrogens (tertiary/aromatic N) is 1. The summed E-state index contributed by atoms with van der Waals surface area (Å²) in [6.07, 6.45) is 0.0777. The zero-order valence-corrected chi connectivity index (χ0v) is 16.5. The van der Waals surface area contributed by atoms with Crippen LogP contribution < -0.4 is 5.32 Å². The first-order chi connectivity index (χ1) is 12.8. The van der Waals surface area contributed by atoms with E-state index in [0.29, 0.717) is 10.6 Å². The van der Waals surface area contributed by atoms with Crippen molar-refractivity contribution < 1.29 is 14.0 Å². The van der Waals surface area contributed by atoms with Crippen molar-refractivity contribution in [3.05, 3.63) is 70.5 Å². The third-order valence-electron chi connectivity index (χ3n) is 4.14. The lowest BCUT2D eigenvalue weighted by atomic mass is 10.1. The largest absolute Gasteiger partial charge is 0.352 e. The summed E-state index contributed by atoms with van der Waals surface area (Å²) in [5.41, 5.74) is 1.10. The van der Waals surface area contributed by atoms with E-state index in [2.05, 4.69) is 5.32 Å². The minimum absolute atomic E-state index is 0.0127. The highest BCUT2D eigenvalue weighted by atomic mass is 35.5. The van der Waals surface area contributed by atoms with Gasteiger partial charge in [0.2, 0.25) is 11.8 Å². The van der Waals surface area contributed by atoms with Gasteiger partial charge in [0.05, 0.1) is 6.42 Å². The molecule has 4 nitrogen and oxygen atoms in total. The van der Waals surface area contributed by atoms with E-state index in [-0.39, 0.29) is 30.8 Å². The van der Waals surface area contributed by atoms with Gasteiger partial charge in [0, 0.05) is 23.2 Å². The van der Waals surface area contributed by atoms with E-state index in [1.165, 1.54) is 11.0 Å². The Kier molecular flexibility index (Phi) is 7.36. The van der Waals surface area contributed by atoms with E-state index in [0.717, 1.165) is 5.56 Å². The number of carbonyl (C=O) groups excluding carboxylic acids is 2. The van der Waals surface area contributed by atoms with Crippen LogP contribution in [0.1, 0.15) is 31.9 Å². The Morgan fingerprint density at radius 1 is 1.11 bits per heavy atom. The van der Waals surface area contributed by atoms with Gasteiger partial charge in [0.1, 0.15) is 11.9 Å². The molecule has 2 aromatic carbocycles.